The van der Waals surface area contributed by atoms with E-state index in [9.17, 15) is 0 Å². The van der Waals surface area contributed by atoms with Crippen molar-refractivity contribution in [3.05, 3.63) is 72.7 Å². The smallest absolute Gasteiger partial charge is 0.232 e. The number of pyridine rings is 1. The molecule has 0 aliphatic rings. The van der Waals surface area contributed by atoms with E-state index in [1.54, 1.807) is 19.6 Å². The molecule has 154 valence electrons. The third-order valence-corrected chi connectivity index (χ3v) is 5.05. The minimum absolute atomic E-state index is 0.440. The Balaban J connectivity index is 1.38. The van der Waals surface area contributed by atoms with E-state index in [2.05, 4.69) is 47.7 Å². The second kappa shape index (κ2) is 8.27. The van der Waals surface area contributed by atoms with Crippen molar-refractivity contribution in [2.24, 2.45) is 0 Å². The Morgan fingerprint density at radius 3 is 2.68 bits per heavy atom. The summed E-state index contributed by atoms with van der Waals surface area (Å²) in [5.74, 6) is 2.69. The second-order valence-corrected chi connectivity index (χ2v) is 7.03. The Bertz CT molecular complexity index is 1330. The molecule has 0 saturated heterocycles. The lowest BCUT2D eigenvalue weighted by atomic mass is 10.1. The van der Waals surface area contributed by atoms with Gasteiger partial charge in [-0.15, -0.1) is 0 Å². The van der Waals surface area contributed by atoms with Crippen LogP contribution >= 0.6 is 0 Å². The summed E-state index contributed by atoms with van der Waals surface area (Å²) in [6.45, 7) is 0.712. The van der Waals surface area contributed by atoms with Gasteiger partial charge in [0.25, 0.3) is 0 Å². The van der Waals surface area contributed by atoms with Crippen LogP contribution in [0.4, 0.5) is 17.6 Å². The van der Waals surface area contributed by atoms with Crippen molar-refractivity contribution in [3.8, 4) is 5.75 Å². The normalized spacial score (nSPS) is 11.0. The summed E-state index contributed by atoms with van der Waals surface area (Å²) in [5.41, 5.74) is 2.57. The molecule has 0 bridgehead atoms. The second-order valence-electron chi connectivity index (χ2n) is 7.03. The molecule has 3 N–H and O–H groups in total. The van der Waals surface area contributed by atoms with Gasteiger partial charge in [-0.25, -0.2) is 9.97 Å². The molecule has 0 unspecified atom stereocenters. The average Bonchev–Trinajstić information content (AvgIpc) is 3.29. The highest BCUT2D eigenvalue weighted by atomic mass is 16.5. The summed E-state index contributed by atoms with van der Waals surface area (Å²) in [5, 5.41) is 8.75. The standard InChI is InChI=1S/C23H21N7O/c1-31-17-8-6-15(7-9-17)10-12-25-21-19-22(27-14-26-19)30-23(29-21)28-20-18-5-3-2-4-16(18)11-13-24-20/h2-9,11,13-14H,10,12H2,1H3,(H3,24,25,26,27,28,29,30). The molecule has 2 aromatic carbocycles. The minimum atomic E-state index is 0.440. The van der Waals surface area contributed by atoms with Crippen LogP contribution in [0.2, 0.25) is 0 Å². The number of fused-ring (bicyclic) bond motifs is 2. The van der Waals surface area contributed by atoms with Crippen LogP contribution in [-0.2, 0) is 6.42 Å². The molecule has 5 aromatic rings. The van der Waals surface area contributed by atoms with Crippen LogP contribution in [0, 0.1) is 0 Å². The summed E-state index contributed by atoms with van der Waals surface area (Å²) in [4.78, 5) is 21.1. The molecule has 0 amide bonds. The highest BCUT2D eigenvalue weighted by Gasteiger charge is 2.11. The van der Waals surface area contributed by atoms with Crippen molar-refractivity contribution in [1.29, 1.82) is 0 Å². The van der Waals surface area contributed by atoms with E-state index in [0.717, 1.165) is 28.5 Å². The van der Waals surface area contributed by atoms with E-state index >= 15 is 0 Å². The maximum atomic E-state index is 5.22. The molecule has 0 aliphatic carbocycles. The molecular weight excluding hydrogens is 390 g/mol. The van der Waals surface area contributed by atoms with Crippen molar-refractivity contribution in [1.82, 2.24) is 24.9 Å². The summed E-state index contributed by atoms with van der Waals surface area (Å²) < 4.78 is 5.22. The Morgan fingerprint density at radius 2 is 1.81 bits per heavy atom. The SMILES string of the molecule is COc1ccc(CCNc2nc(Nc3nccc4ccccc34)nc3nc[nH]c23)cc1. The van der Waals surface area contributed by atoms with E-state index in [1.165, 1.54) is 5.56 Å². The van der Waals surface area contributed by atoms with Gasteiger partial charge in [0, 0.05) is 18.1 Å². The van der Waals surface area contributed by atoms with Crippen LogP contribution in [0.5, 0.6) is 5.75 Å². The molecule has 8 nitrogen and oxygen atoms in total. The number of H-pyrrole nitrogens is 1. The molecule has 0 saturated carbocycles. The molecule has 0 aliphatic heterocycles. The molecule has 5 rings (SSSR count). The zero-order valence-corrected chi connectivity index (χ0v) is 17.0. The number of methoxy groups -OCH3 is 1. The predicted octanol–water partition coefficient (Wildman–Crippen LogP) is 4.31. The van der Waals surface area contributed by atoms with E-state index in [0.29, 0.717) is 29.8 Å². The van der Waals surface area contributed by atoms with E-state index in [4.69, 9.17) is 4.74 Å². The molecule has 0 spiro atoms. The topological polar surface area (TPSA) is 101 Å². The number of imidazole rings is 1. The lowest BCUT2D eigenvalue weighted by molar-refractivity contribution is 0.414. The number of hydrogen-bond acceptors (Lipinski definition) is 7. The number of nitrogens with zero attached hydrogens (tertiary/aromatic N) is 4. The molecule has 0 radical (unpaired) electrons. The monoisotopic (exact) mass is 411 g/mol. The summed E-state index contributed by atoms with van der Waals surface area (Å²) >= 11 is 0. The number of hydrogen-bond donors (Lipinski definition) is 3. The van der Waals surface area contributed by atoms with Crippen LogP contribution in [0.15, 0.2) is 67.1 Å². The first-order valence-electron chi connectivity index (χ1n) is 9.99. The van der Waals surface area contributed by atoms with E-state index in [1.807, 2.05) is 42.5 Å². The maximum Gasteiger partial charge on any atom is 0.232 e. The molecular formula is C23H21N7O. The fraction of sp³-hybridized carbons (Fsp3) is 0.130. The van der Waals surface area contributed by atoms with Crippen LogP contribution < -0.4 is 15.4 Å². The van der Waals surface area contributed by atoms with Gasteiger partial charge in [0.15, 0.2) is 11.5 Å². The van der Waals surface area contributed by atoms with Crippen LogP contribution in [0.1, 0.15) is 5.56 Å². The van der Waals surface area contributed by atoms with Crippen LogP contribution in [0.25, 0.3) is 21.9 Å². The summed E-state index contributed by atoms with van der Waals surface area (Å²) in [6.07, 6.45) is 4.23. The number of ether oxygens (including phenoxy) is 1. The van der Waals surface area contributed by atoms with Crippen molar-refractivity contribution >= 4 is 39.5 Å². The molecule has 0 fully saturated rings. The lowest BCUT2D eigenvalue weighted by Gasteiger charge is -2.11. The minimum Gasteiger partial charge on any atom is -0.497 e. The van der Waals surface area contributed by atoms with Gasteiger partial charge in [0.2, 0.25) is 5.95 Å². The number of benzene rings is 2. The Hall–Kier alpha value is -4.20. The van der Waals surface area contributed by atoms with Crippen LogP contribution in [0.3, 0.4) is 0 Å². The quantitative estimate of drug-likeness (QED) is 0.367. The van der Waals surface area contributed by atoms with Gasteiger partial charge in [-0.05, 0) is 35.6 Å². The van der Waals surface area contributed by atoms with E-state index < -0.39 is 0 Å². The molecule has 3 aromatic heterocycles. The molecule has 8 heteroatoms. The number of rotatable bonds is 7. The molecule has 0 atom stereocenters. The number of aromatic nitrogens is 5. The number of anilines is 3. The third kappa shape index (κ3) is 3.95. The maximum absolute atomic E-state index is 5.22. The fourth-order valence-electron chi connectivity index (χ4n) is 3.46. The van der Waals surface area contributed by atoms with Gasteiger partial charge < -0.3 is 20.4 Å². The first-order chi connectivity index (χ1) is 15.3. The molecule has 3 heterocycles. The highest BCUT2D eigenvalue weighted by molar-refractivity contribution is 5.93. The first-order valence-corrected chi connectivity index (χ1v) is 9.99. The van der Waals surface area contributed by atoms with Crippen molar-refractivity contribution in [3.63, 3.8) is 0 Å². The van der Waals surface area contributed by atoms with Crippen molar-refractivity contribution in [2.45, 2.75) is 6.42 Å². The Kier molecular flexibility index (Phi) is 5.02. The highest BCUT2D eigenvalue weighted by Crippen LogP contribution is 2.25. The summed E-state index contributed by atoms with van der Waals surface area (Å²) in [7, 11) is 1.67. The lowest BCUT2D eigenvalue weighted by Crippen LogP contribution is -2.09. The van der Waals surface area contributed by atoms with Gasteiger partial charge >= 0.3 is 0 Å². The van der Waals surface area contributed by atoms with Gasteiger partial charge in [-0.3, -0.25) is 0 Å². The number of aromatic amines is 1. The average molecular weight is 411 g/mol. The summed E-state index contributed by atoms with van der Waals surface area (Å²) in [6, 6.07) is 18.1. The predicted molar refractivity (Wildman–Crippen MR) is 122 cm³/mol. The van der Waals surface area contributed by atoms with Gasteiger partial charge in [0.1, 0.15) is 17.1 Å². The van der Waals surface area contributed by atoms with E-state index in [-0.39, 0.29) is 0 Å². The molecule has 31 heavy (non-hydrogen) atoms. The van der Waals surface area contributed by atoms with Crippen molar-refractivity contribution < 1.29 is 4.74 Å². The van der Waals surface area contributed by atoms with Gasteiger partial charge in [-0.1, -0.05) is 36.4 Å². The third-order valence-electron chi connectivity index (χ3n) is 5.05. The Labute approximate surface area is 178 Å². The van der Waals surface area contributed by atoms with Crippen LogP contribution in [-0.4, -0.2) is 38.6 Å². The van der Waals surface area contributed by atoms with Gasteiger partial charge in [-0.2, -0.15) is 9.97 Å². The van der Waals surface area contributed by atoms with Crippen molar-refractivity contribution in [2.75, 3.05) is 24.3 Å². The fourth-order valence-corrected chi connectivity index (χ4v) is 3.46. The first kappa shape index (κ1) is 18.8. The zero-order chi connectivity index (χ0) is 21.0. The zero-order valence-electron chi connectivity index (χ0n) is 17.0. The van der Waals surface area contributed by atoms with Gasteiger partial charge in [0.05, 0.1) is 13.4 Å². The largest absolute Gasteiger partial charge is 0.497 e. The Morgan fingerprint density at radius 1 is 0.935 bits per heavy atom. The number of nitrogens with one attached hydrogen (secondary N) is 3.